The van der Waals surface area contributed by atoms with Crippen LogP contribution in [0.15, 0.2) is 41.3 Å². The second-order valence-corrected chi connectivity index (χ2v) is 7.06. The highest BCUT2D eigenvalue weighted by Crippen LogP contribution is 2.34. The first kappa shape index (κ1) is 16.6. The van der Waals surface area contributed by atoms with Crippen LogP contribution in [0.3, 0.4) is 0 Å². The predicted molar refractivity (Wildman–Crippen MR) is 101 cm³/mol. The predicted octanol–water partition coefficient (Wildman–Crippen LogP) is 2.81. The zero-order chi connectivity index (χ0) is 19.3. The van der Waals surface area contributed by atoms with Crippen molar-refractivity contribution >= 4 is 11.7 Å². The van der Waals surface area contributed by atoms with Crippen LogP contribution in [0.5, 0.6) is 0 Å². The molecular formula is C20H18N6O2. The molecule has 3 heterocycles. The summed E-state index contributed by atoms with van der Waals surface area (Å²) in [6, 6.07) is 6.04. The van der Waals surface area contributed by atoms with E-state index in [0.29, 0.717) is 23.2 Å². The highest BCUT2D eigenvalue weighted by Gasteiger charge is 2.26. The van der Waals surface area contributed by atoms with Crippen LogP contribution < -0.4 is 5.32 Å². The fraction of sp³-hybridized carbons (Fsp3) is 0.250. The molecule has 4 aromatic rings. The molecule has 1 aliphatic rings. The van der Waals surface area contributed by atoms with Crippen LogP contribution in [0.25, 0.3) is 17.2 Å². The number of imidazole rings is 1. The van der Waals surface area contributed by atoms with Crippen molar-refractivity contribution in [3.8, 4) is 11.4 Å². The summed E-state index contributed by atoms with van der Waals surface area (Å²) in [5, 5.41) is 7.11. The molecule has 1 N–H and O–H groups in total. The third-order valence-electron chi connectivity index (χ3n) is 5.04. The number of carbonyl (C=O) groups is 1. The van der Waals surface area contributed by atoms with Gasteiger partial charge in [-0.25, -0.2) is 9.97 Å². The lowest BCUT2D eigenvalue weighted by molar-refractivity contribution is 0.0930. The Bertz CT molecular complexity index is 1210. The van der Waals surface area contributed by atoms with Crippen molar-refractivity contribution in [2.75, 3.05) is 0 Å². The van der Waals surface area contributed by atoms with Crippen molar-refractivity contribution in [1.82, 2.24) is 29.8 Å². The topological polar surface area (TPSA) is 98.2 Å². The number of hydrogen-bond donors (Lipinski definition) is 1. The van der Waals surface area contributed by atoms with Gasteiger partial charge in [0, 0.05) is 24.9 Å². The Hall–Kier alpha value is -3.55. The number of rotatable bonds is 3. The van der Waals surface area contributed by atoms with Gasteiger partial charge in [-0.1, -0.05) is 17.3 Å². The molecule has 3 aromatic heterocycles. The summed E-state index contributed by atoms with van der Waals surface area (Å²) in [5.74, 6) is 1.48. The Balaban J connectivity index is 1.40. The van der Waals surface area contributed by atoms with E-state index in [1.165, 1.54) is 5.56 Å². The van der Waals surface area contributed by atoms with Gasteiger partial charge in [-0.15, -0.1) is 0 Å². The minimum atomic E-state index is -0.157. The molecule has 0 spiro atoms. The van der Waals surface area contributed by atoms with E-state index >= 15 is 0 Å². The van der Waals surface area contributed by atoms with Gasteiger partial charge in [0.2, 0.25) is 17.5 Å². The van der Waals surface area contributed by atoms with Crippen molar-refractivity contribution in [3.05, 3.63) is 65.1 Å². The van der Waals surface area contributed by atoms with E-state index in [4.69, 9.17) is 4.52 Å². The average molecular weight is 374 g/mol. The summed E-state index contributed by atoms with van der Waals surface area (Å²) < 4.78 is 6.79. The summed E-state index contributed by atoms with van der Waals surface area (Å²) in [5.41, 5.74) is 4.70. The SMILES string of the molecule is Cc1cnc2ncc(C(=O)N[C@@H]3CCc4cc(-c5noc(C)n5)ccc43)n2c1. The summed E-state index contributed by atoms with van der Waals surface area (Å²) in [7, 11) is 0. The van der Waals surface area contributed by atoms with Crippen molar-refractivity contribution in [3.63, 3.8) is 0 Å². The Morgan fingerprint density at radius 3 is 2.93 bits per heavy atom. The lowest BCUT2D eigenvalue weighted by atomic mass is 10.0. The molecule has 5 rings (SSSR count). The molecule has 28 heavy (non-hydrogen) atoms. The number of aryl methyl sites for hydroxylation is 3. The standard InChI is InChI=1S/C20H18N6O2/c1-11-8-21-20-22-9-17(26(20)10-11)19(27)24-16-6-4-13-7-14(3-5-15(13)16)18-23-12(2)28-25-18/h3,5,7-10,16H,4,6H2,1-2H3,(H,24,27)/t16-/m1/s1. The molecule has 0 saturated heterocycles. The molecule has 0 radical (unpaired) electrons. The molecule has 1 amide bonds. The first-order valence-corrected chi connectivity index (χ1v) is 9.12. The zero-order valence-electron chi connectivity index (χ0n) is 15.5. The van der Waals surface area contributed by atoms with Crippen LogP contribution in [0.2, 0.25) is 0 Å². The van der Waals surface area contributed by atoms with E-state index in [0.717, 1.165) is 29.5 Å². The van der Waals surface area contributed by atoms with Crippen molar-refractivity contribution in [2.24, 2.45) is 0 Å². The summed E-state index contributed by atoms with van der Waals surface area (Å²) in [6.45, 7) is 3.71. The number of hydrogen-bond acceptors (Lipinski definition) is 6. The highest BCUT2D eigenvalue weighted by molar-refractivity contribution is 5.93. The van der Waals surface area contributed by atoms with Gasteiger partial charge in [-0.3, -0.25) is 9.20 Å². The third-order valence-corrected chi connectivity index (χ3v) is 5.04. The second-order valence-electron chi connectivity index (χ2n) is 7.06. The van der Waals surface area contributed by atoms with Gasteiger partial charge < -0.3 is 9.84 Å². The van der Waals surface area contributed by atoms with Crippen LogP contribution in [0, 0.1) is 13.8 Å². The fourth-order valence-electron chi connectivity index (χ4n) is 3.69. The monoisotopic (exact) mass is 374 g/mol. The fourth-order valence-corrected chi connectivity index (χ4v) is 3.69. The average Bonchev–Trinajstić information content (AvgIpc) is 3.39. The smallest absolute Gasteiger partial charge is 0.270 e. The van der Waals surface area contributed by atoms with E-state index in [1.54, 1.807) is 23.7 Å². The molecule has 1 atom stereocenters. The highest BCUT2D eigenvalue weighted by atomic mass is 16.5. The van der Waals surface area contributed by atoms with Crippen molar-refractivity contribution in [1.29, 1.82) is 0 Å². The maximum Gasteiger partial charge on any atom is 0.270 e. The van der Waals surface area contributed by atoms with Gasteiger partial charge >= 0.3 is 0 Å². The molecule has 0 saturated carbocycles. The molecule has 0 unspecified atom stereocenters. The van der Waals surface area contributed by atoms with Gasteiger partial charge in [0.1, 0.15) is 5.69 Å². The number of nitrogens with one attached hydrogen (secondary N) is 1. The Labute approximate surface area is 160 Å². The van der Waals surface area contributed by atoms with E-state index in [2.05, 4.69) is 31.5 Å². The molecular weight excluding hydrogens is 356 g/mol. The van der Waals surface area contributed by atoms with Crippen molar-refractivity contribution < 1.29 is 9.32 Å². The summed E-state index contributed by atoms with van der Waals surface area (Å²) in [6.07, 6.45) is 6.91. The largest absolute Gasteiger partial charge is 0.344 e. The lowest BCUT2D eigenvalue weighted by Gasteiger charge is -2.14. The van der Waals surface area contributed by atoms with Gasteiger partial charge in [-0.2, -0.15) is 4.98 Å². The molecule has 0 aliphatic heterocycles. The van der Waals surface area contributed by atoms with Crippen LogP contribution in [-0.4, -0.2) is 30.4 Å². The zero-order valence-corrected chi connectivity index (χ0v) is 15.5. The molecule has 8 nitrogen and oxygen atoms in total. The lowest BCUT2D eigenvalue weighted by Crippen LogP contribution is -2.28. The van der Waals surface area contributed by atoms with Gasteiger partial charge in [0.05, 0.1) is 12.2 Å². The van der Waals surface area contributed by atoms with Crippen LogP contribution in [-0.2, 0) is 6.42 Å². The van der Waals surface area contributed by atoms with E-state index in [9.17, 15) is 4.79 Å². The number of amides is 1. The van der Waals surface area contributed by atoms with E-state index < -0.39 is 0 Å². The second kappa shape index (κ2) is 6.26. The first-order valence-electron chi connectivity index (χ1n) is 9.12. The van der Waals surface area contributed by atoms with Crippen LogP contribution >= 0.6 is 0 Å². The molecule has 0 bridgehead atoms. The third kappa shape index (κ3) is 2.74. The number of aromatic nitrogens is 5. The first-order chi connectivity index (χ1) is 13.6. The minimum Gasteiger partial charge on any atom is -0.344 e. The molecule has 1 aromatic carbocycles. The van der Waals surface area contributed by atoms with E-state index in [-0.39, 0.29) is 11.9 Å². The Morgan fingerprint density at radius 1 is 1.25 bits per heavy atom. The Morgan fingerprint density at radius 2 is 2.11 bits per heavy atom. The molecule has 1 aliphatic carbocycles. The Kier molecular flexibility index (Phi) is 3.71. The number of benzene rings is 1. The summed E-state index contributed by atoms with van der Waals surface area (Å²) in [4.78, 5) is 25.6. The maximum atomic E-state index is 12.9. The number of fused-ring (bicyclic) bond motifs is 2. The summed E-state index contributed by atoms with van der Waals surface area (Å²) >= 11 is 0. The molecule has 8 heteroatoms. The van der Waals surface area contributed by atoms with Gasteiger partial charge in [0.15, 0.2) is 0 Å². The normalized spacial score (nSPS) is 15.7. The minimum absolute atomic E-state index is 0.0353. The molecule has 140 valence electrons. The van der Waals surface area contributed by atoms with Gasteiger partial charge in [0.25, 0.3) is 5.91 Å². The van der Waals surface area contributed by atoms with E-state index in [1.807, 2.05) is 25.3 Å². The number of nitrogens with zero attached hydrogens (tertiary/aromatic N) is 5. The maximum absolute atomic E-state index is 12.9. The van der Waals surface area contributed by atoms with Crippen molar-refractivity contribution in [2.45, 2.75) is 32.7 Å². The number of carbonyl (C=O) groups excluding carboxylic acids is 1. The molecule has 0 fully saturated rings. The quantitative estimate of drug-likeness (QED) is 0.592. The van der Waals surface area contributed by atoms with Gasteiger partial charge in [-0.05, 0) is 42.5 Å². The van der Waals surface area contributed by atoms with Crippen LogP contribution in [0.1, 0.15) is 45.5 Å². The van der Waals surface area contributed by atoms with Crippen LogP contribution in [0.4, 0.5) is 0 Å².